The molecule has 4 nitrogen and oxygen atoms in total. The average Bonchev–Trinajstić information content (AvgIpc) is 3.88. The Morgan fingerprint density at radius 3 is 2.02 bits per heavy atom. The number of hydrogen-bond acceptors (Lipinski definition) is 4. The van der Waals surface area contributed by atoms with Gasteiger partial charge in [0.1, 0.15) is 11.2 Å². The highest BCUT2D eigenvalue weighted by Gasteiger charge is 2.19. The van der Waals surface area contributed by atoms with Crippen LogP contribution in [0.1, 0.15) is 0 Å². The second-order valence-corrected chi connectivity index (χ2v) is 14.0. The summed E-state index contributed by atoms with van der Waals surface area (Å²) >= 11 is 1.88. The summed E-state index contributed by atoms with van der Waals surface area (Å²) in [7, 11) is 0. The van der Waals surface area contributed by atoms with Crippen molar-refractivity contribution in [1.82, 2.24) is 14.5 Å². The molecule has 238 valence electrons. The van der Waals surface area contributed by atoms with Crippen LogP contribution in [0.2, 0.25) is 0 Å². The maximum atomic E-state index is 6.42. The predicted molar refractivity (Wildman–Crippen MR) is 213 cm³/mol. The molecule has 0 spiro atoms. The van der Waals surface area contributed by atoms with Gasteiger partial charge in [0, 0.05) is 58.5 Å². The fourth-order valence-electron chi connectivity index (χ4n) is 7.69. The first-order chi connectivity index (χ1) is 25.3. The lowest BCUT2D eigenvalue weighted by atomic mass is 10.0. The molecule has 0 unspecified atom stereocenters. The largest absolute Gasteiger partial charge is 0.455 e. The highest BCUT2D eigenvalue weighted by molar-refractivity contribution is 7.26. The molecular weight excluding hydrogens is 643 g/mol. The smallest absolute Gasteiger partial charge is 0.164 e. The number of para-hydroxylation sites is 3. The first-order valence-corrected chi connectivity index (χ1v) is 17.9. The summed E-state index contributed by atoms with van der Waals surface area (Å²) in [5.74, 6) is 0.634. The van der Waals surface area contributed by atoms with Crippen LogP contribution < -0.4 is 0 Å². The third kappa shape index (κ3) is 4.32. The summed E-state index contributed by atoms with van der Waals surface area (Å²) < 4.78 is 11.5. The molecule has 5 heteroatoms. The number of nitrogens with zero attached hydrogens (tertiary/aromatic N) is 3. The van der Waals surface area contributed by atoms with Gasteiger partial charge in [-0.2, -0.15) is 0 Å². The molecule has 0 saturated heterocycles. The zero-order chi connectivity index (χ0) is 33.5. The van der Waals surface area contributed by atoms with Crippen LogP contribution >= 0.6 is 11.3 Å². The second kappa shape index (κ2) is 11.0. The molecule has 0 radical (unpaired) electrons. The van der Waals surface area contributed by atoms with Crippen molar-refractivity contribution in [3.8, 4) is 39.6 Å². The van der Waals surface area contributed by atoms with Gasteiger partial charge < -0.3 is 8.98 Å². The van der Waals surface area contributed by atoms with E-state index < -0.39 is 0 Å². The summed E-state index contributed by atoms with van der Waals surface area (Å²) in [4.78, 5) is 10.3. The number of benzene rings is 7. The van der Waals surface area contributed by atoms with Crippen molar-refractivity contribution in [3.05, 3.63) is 164 Å². The van der Waals surface area contributed by atoms with E-state index in [4.69, 9.17) is 14.4 Å². The molecular formula is C46H27N3OS. The van der Waals surface area contributed by atoms with Gasteiger partial charge in [-0.05, 0) is 48.5 Å². The molecule has 4 heterocycles. The van der Waals surface area contributed by atoms with Crippen molar-refractivity contribution in [3.63, 3.8) is 0 Å². The van der Waals surface area contributed by atoms with E-state index in [-0.39, 0.29) is 0 Å². The maximum Gasteiger partial charge on any atom is 0.164 e. The molecule has 7 aromatic carbocycles. The number of aromatic nitrogens is 3. The first kappa shape index (κ1) is 28.3. The van der Waals surface area contributed by atoms with Gasteiger partial charge in [0.05, 0.1) is 28.0 Å². The Hall–Kier alpha value is -6.56. The maximum absolute atomic E-state index is 6.42. The van der Waals surface area contributed by atoms with Crippen LogP contribution in [-0.4, -0.2) is 14.5 Å². The van der Waals surface area contributed by atoms with Gasteiger partial charge in [0.2, 0.25) is 0 Å². The van der Waals surface area contributed by atoms with Crippen LogP contribution in [0.25, 0.3) is 104 Å². The van der Waals surface area contributed by atoms with Crippen LogP contribution in [0.5, 0.6) is 0 Å². The van der Waals surface area contributed by atoms with E-state index in [0.29, 0.717) is 5.82 Å². The van der Waals surface area contributed by atoms with Crippen LogP contribution in [0, 0.1) is 0 Å². The Kier molecular flexibility index (Phi) is 6.09. The van der Waals surface area contributed by atoms with Crippen LogP contribution in [-0.2, 0) is 0 Å². The molecule has 0 aliphatic rings. The third-order valence-electron chi connectivity index (χ3n) is 10.0. The van der Waals surface area contributed by atoms with Crippen molar-refractivity contribution in [2.45, 2.75) is 0 Å². The fourth-order valence-corrected chi connectivity index (χ4v) is 8.95. The quantitative estimate of drug-likeness (QED) is 0.187. The zero-order valence-corrected chi connectivity index (χ0v) is 28.1. The number of furan rings is 1. The Morgan fingerprint density at radius 1 is 0.490 bits per heavy atom. The Bertz CT molecular complexity index is 3130. The molecule has 0 saturated carbocycles. The number of rotatable bonds is 4. The van der Waals surface area contributed by atoms with Gasteiger partial charge in [0.15, 0.2) is 5.82 Å². The molecule has 0 fully saturated rings. The summed E-state index contributed by atoms with van der Waals surface area (Å²) in [6.45, 7) is 0. The molecule has 0 N–H and O–H groups in total. The van der Waals surface area contributed by atoms with E-state index in [2.05, 4.69) is 132 Å². The van der Waals surface area contributed by atoms with Crippen molar-refractivity contribution >= 4 is 75.3 Å². The minimum atomic E-state index is 0.634. The lowest BCUT2D eigenvalue weighted by Crippen LogP contribution is -1.97. The lowest BCUT2D eigenvalue weighted by molar-refractivity contribution is 0.669. The normalized spacial score (nSPS) is 11.9. The van der Waals surface area contributed by atoms with Gasteiger partial charge in [-0.3, -0.25) is 0 Å². The summed E-state index contributed by atoms with van der Waals surface area (Å²) in [5.41, 5.74) is 9.80. The topological polar surface area (TPSA) is 43.9 Å². The van der Waals surface area contributed by atoms with Crippen LogP contribution in [0.4, 0.5) is 0 Å². The Labute approximate surface area is 296 Å². The molecule has 0 aliphatic heterocycles. The summed E-state index contributed by atoms with van der Waals surface area (Å²) in [5, 5.41) is 7.34. The van der Waals surface area contributed by atoms with E-state index in [1.54, 1.807) is 0 Å². The van der Waals surface area contributed by atoms with Gasteiger partial charge in [-0.15, -0.1) is 11.3 Å². The minimum Gasteiger partial charge on any atom is -0.455 e. The van der Waals surface area contributed by atoms with E-state index in [0.717, 1.165) is 55.7 Å². The predicted octanol–water partition coefficient (Wildman–Crippen LogP) is 12.8. The highest BCUT2D eigenvalue weighted by atomic mass is 32.1. The number of hydrogen-bond donors (Lipinski definition) is 0. The monoisotopic (exact) mass is 669 g/mol. The fraction of sp³-hybridized carbons (Fsp3) is 0. The molecule has 0 aliphatic carbocycles. The SMILES string of the molecule is c1ccc(-c2cc(-c3ccc(-n4c5ccccc5c5c6sc7ccccc7c6ccc54)cc3)nc(-c3cccc4c3oc3ccccc34)n2)cc1. The van der Waals surface area contributed by atoms with Crippen molar-refractivity contribution in [1.29, 1.82) is 0 Å². The van der Waals surface area contributed by atoms with E-state index >= 15 is 0 Å². The second-order valence-electron chi connectivity index (χ2n) is 12.9. The van der Waals surface area contributed by atoms with Crippen LogP contribution in [0.15, 0.2) is 168 Å². The highest BCUT2D eigenvalue weighted by Crippen LogP contribution is 2.43. The molecule has 0 bridgehead atoms. The Balaban J connectivity index is 1.08. The lowest BCUT2D eigenvalue weighted by Gasteiger charge is -2.11. The summed E-state index contributed by atoms with van der Waals surface area (Å²) in [6, 6.07) is 57.6. The van der Waals surface area contributed by atoms with E-state index in [1.165, 1.54) is 42.0 Å². The van der Waals surface area contributed by atoms with Crippen molar-refractivity contribution < 1.29 is 4.42 Å². The molecule has 0 atom stereocenters. The molecule has 0 amide bonds. The van der Waals surface area contributed by atoms with Gasteiger partial charge in [-0.25, -0.2) is 9.97 Å². The molecule has 51 heavy (non-hydrogen) atoms. The first-order valence-electron chi connectivity index (χ1n) is 17.1. The summed E-state index contributed by atoms with van der Waals surface area (Å²) in [6.07, 6.45) is 0. The van der Waals surface area contributed by atoms with Crippen LogP contribution in [0.3, 0.4) is 0 Å². The standard InChI is InChI=1S/C46H27N3OS/c1-2-11-28(12-3-1)37-27-38(48-46(47-37)36-17-10-16-33-31-13-5-8-19-41(31)50-44(33)36)29-21-23-30(24-22-29)49-39-18-7-4-15-35(39)43-40(49)26-25-34-32-14-6-9-20-42(32)51-45(34)43/h1-27H. The third-order valence-corrected chi connectivity index (χ3v) is 11.2. The minimum absolute atomic E-state index is 0.634. The Morgan fingerprint density at radius 2 is 1.18 bits per heavy atom. The number of fused-ring (bicyclic) bond motifs is 10. The van der Waals surface area contributed by atoms with E-state index in [9.17, 15) is 0 Å². The average molecular weight is 670 g/mol. The van der Waals surface area contributed by atoms with E-state index in [1.807, 2.05) is 47.7 Å². The van der Waals surface area contributed by atoms with Crippen molar-refractivity contribution in [2.24, 2.45) is 0 Å². The number of thiophene rings is 1. The van der Waals surface area contributed by atoms with Gasteiger partial charge in [0.25, 0.3) is 0 Å². The van der Waals surface area contributed by atoms with Gasteiger partial charge in [-0.1, -0.05) is 115 Å². The molecule has 11 aromatic rings. The zero-order valence-electron chi connectivity index (χ0n) is 27.2. The molecule has 11 rings (SSSR count). The van der Waals surface area contributed by atoms with Crippen molar-refractivity contribution in [2.75, 3.05) is 0 Å². The van der Waals surface area contributed by atoms with Gasteiger partial charge >= 0.3 is 0 Å². The molecule has 4 aromatic heterocycles.